The molecule has 2 spiro atoms. The second-order valence-electron chi connectivity index (χ2n) is 21.3. The van der Waals surface area contributed by atoms with Crippen molar-refractivity contribution in [1.29, 1.82) is 0 Å². The first-order valence-electron chi connectivity index (χ1n) is 26.2. The predicted octanol–water partition coefficient (Wildman–Crippen LogP) is 19.0. The Labute approximate surface area is 428 Å². The van der Waals surface area contributed by atoms with Crippen LogP contribution < -0.4 is 0 Å². The molecule has 0 atom stereocenters. The van der Waals surface area contributed by atoms with E-state index in [4.69, 9.17) is 0 Å². The summed E-state index contributed by atoms with van der Waals surface area (Å²) in [7, 11) is 0. The highest BCUT2D eigenvalue weighted by molar-refractivity contribution is 6.32. The molecule has 4 aliphatic carbocycles. The number of benzene rings is 14. The van der Waals surface area contributed by atoms with Crippen LogP contribution in [0.2, 0.25) is 0 Å². The van der Waals surface area contributed by atoms with Gasteiger partial charge in [-0.2, -0.15) is 0 Å². The van der Waals surface area contributed by atoms with E-state index in [1.54, 1.807) is 0 Å². The molecule has 0 saturated heterocycles. The van der Waals surface area contributed by atoms with Gasteiger partial charge in [-0.15, -0.1) is 0 Å². The molecule has 0 aromatic heterocycles. The van der Waals surface area contributed by atoms with Crippen molar-refractivity contribution in [3.8, 4) is 55.6 Å². The summed E-state index contributed by atoms with van der Waals surface area (Å²) in [6.07, 6.45) is 0. The second-order valence-corrected chi connectivity index (χ2v) is 21.3. The molecule has 0 N–H and O–H groups in total. The average molecular weight is 931 g/mol. The Morgan fingerprint density at radius 3 is 0.811 bits per heavy atom. The molecule has 0 heteroatoms. The molecule has 0 aliphatic heterocycles. The highest BCUT2D eigenvalue weighted by Gasteiger charge is 2.52. The van der Waals surface area contributed by atoms with E-state index in [1.807, 2.05) is 0 Å². The minimum absolute atomic E-state index is 0.346. The van der Waals surface area contributed by atoms with Gasteiger partial charge in [0, 0.05) is 0 Å². The third-order valence-corrected chi connectivity index (χ3v) is 18.2. The maximum absolute atomic E-state index is 2.45. The summed E-state index contributed by atoms with van der Waals surface area (Å²) in [4.78, 5) is 0. The zero-order valence-corrected chi connectivity index (χ0v) is 40.2. The van der Waals surface area contributed by atoms with Crippen molar-refractivity contribution in [3.63, 3.8) is 0 Å². The first-order chi connectivity index (χ1) is 36.7. The first-order valence-corrected chi connectivity index (χ1v) is 26.2. The Morgan fingerprint density at radius 1 is 0.162 bits per heavy atom. The van der Waals surface area contributed by atoms with E-state index in [-0.39, 0.29) is 10.8 Å². The predicted molar refractivity (Wildman–Crippen MR) is 310 cm³/mol. The number of fused-ring (bicyclic) bond motifs is 20. The number of rotatable bonds is 3. The van der Waals surface area contributed by atoms with Crippen molar-refractivity contribution >= 4 is 64.6 Å². The lowest BCUT2D eigenvalue weighted by atomic mass is 9.70. The van der Waals surface area contributed by atoms with Crippen molar-refractivity contribution in [1.82, 2.24) is 0 Å². The highest BCUT2D eigenvalue weighted by atomic mass is 14.5. The van der Waals surface area contributed by atoms with Crippen LogP contribution in [0.25, 0.3) is 120 Å². The monoisotopic (exact) mass is 930 g/mol. The van der Waals surface area contributed by atoms with Crippen LogP contribution >= 0.6 is 0 Å². The van der Waals surface area contributed by atoms with Gasteiger partial charge in [-0.3, -0.25) is 0 Å². The summed E-state index contributed by atoms with van der Waals surface area (Å²) >= 11 is 0. The van der Waals surface area contributed by atoms with Gasteiger partial charge in [-0.25, -0.2) is 0 Å². The Balaban J connectivity index is 0.737. The average Bonchev–Trinajstić information content (AvgIpc) is 4.24. The van der Waals surface area contributed by atoms with Gasteiger partial charge in [0.2, 0.25) is 0 Å². The smallest absolute Gasteiger partial charge is 0.0619 e. The molecule has 74 heavy (non-hydrogen) atoms. The SMILES string of the molecule is c1cc(-c2ccc(-c3ccc4c(c3)c3cccc5c3c3c(cccc43)C53c4ccccc4-c4ccccc43)cc2)cc(-c2ccc3c(c2)c2cccc4c2c2c(cccc32)C42c3ccccc3-c3ccccc32)c1. The van der Waals surface area contributed by atoms with Crippen LogP contribution in [0.5, 0.6) is 0 Å². The van der Waals surface area contributed by atoms with E-state index in [1.165, 1.54) is 165 Å². The molecule has 0 fully saturated rings. The standard InChI is InChI=1S/C74H42/c1-5-24-61-51(16-1)52-17-2-6-25-62(52)73(61)65-28-10-20-55-49-38-36-47(41-59(49)57-22-12-30-67(73)71(57)69(55)65)44-34-32-43(33-35-44)45-14-9-15-46(40-45)48-37-39-50-56-21-11-29-66-70(56)72-58(60(50)42-48)23-13-31-68(72)74(66)63-26-7-3-18-53(63)54-19-4-8-27-64(54)74/h1-42H. The molecule has 0 radical (unpaired) electrons. The van der Waals surface area contributed by atoms with E-state index in [9.17, 15) is 0 Å². The lowest BCUT2D eigenvalue weighted by molar-refractivity contribution is 0.797. The van der Waals surface area contributed by atoms with E-state index >= 15 is 0 Å². The molecule has 14 aromatic rings. The van der Waals surface area contributed by atoms with Crippen molar-refractivity contribution in [3.05, 3.63) is 299 Å². The molecule has 18 rings (SSSR count). The van der Waals surface area contributed by atoms with E-state index in [0.717, 1.165) is 0 Å². The van der Waals surface area contributed by atoms with Crippen LogP contribution in [-0.4, -0.2) is 0 Å². The maximum atomic E-state index is 2.45. The third kappa shape index (κ3) is 4.55. The summed E-state index contributed by atoms with van der Waals surface area (Å²) in [6.45, 7) is 0. The minimum Gasteiger partial charge on any atom is -0.0619 e. The lowest BCUT2D eigenvalue weighted by Gasteiger charge is -2.30. The van der Waals surface area contributed by atoms with Gasteiger partial charge in [-0.05, 0) is 183 Å². The fourth-order valence-electron chi connectivity index (χ4n) is 15.5. The maximum Gasteiger partial charge on any atom is 0.0725 e. The zero-order valence-electron chi connectivity index (χ0n) is 40.2. The van der Waals surface area contributed by atoms with E-state index in [2.05, 4.69) is 255 Å². The molecule has 338 valence electrons. The fraction of sp³-hybridized carbons (Fsp3) is 0.0270. The quantitative estimate of drug-likeness (QED) is 0.155. The van der Waals surface area contributed by atoms with Crippen molar-refractivity contribution in [2.45, 2.75) is 10.8 Å². The minimum atomic E-state index is -0.349. The molecule has 0 bridgehead atoms. The van der Waals surface area contributed by atoms with Gasteiger partial charge >= 0.3 is 0 Å². The molecule has 0 saturated carbocycles. The number of hydrogen-bond donors (Lipinski definition) is 0. The van der Waals surface area contributed by atoms with Gasteiger partial charge < -0.3 is 0 Å². The normalized spacial score (nSPS) is 14.4. The summed E-state index contributed by atoms with van der Waals surface area (Å²) < 4.78 is 0. The van der Waals surface area contributed by atoms with Crippen LogP contribution in [0.3, 0.4) is 0 Å². The van der Waals surface area contributed by atoms with Crippen LogP contribution in [0.15, 0.2) is 255 Å². The van der Waals surface area contributed by atoms with E-state index in [0.29, 0.717) is 0 Å². The molecule has 0 amide bonds. The first kappa shape index (κ1) is 39.3. The Kier molecular flexibility index (Phi) is 7.31. The molecule has 0 heterocycles. The Bertz CT molecular complexity index is 4800. The Morgan fingerprint density at radius 2 is 0.432 bits per heavy atom. The van der Waals surface area contributed by atoms with Gasteiger partial charge in [0.05, 0.1) is 10.8 Å². The zero-order chi connectivity index (χ0) is 48.0. The van der Waals surface area contributed by atoms with Crippen molar-refractivity contribution < 1.29 is 0 Å². The largest absolute Gasteiger partial charge is 0.0725 e. The molecule has 0 unspecified atom stereocenters. The van der Waals surface area contributed by atoms with Crippen LogP contribution in [0.1, 0.15) is 44.5 Å². The Hall–Kier alpha value is -9.36. The third-order valence-electron chi connectivity index (χ3n) is 18.2. The molecule has 14 aromatic carbocycles. The second kappa shape index (κ2) is 13.8. The van der Waals surface area contributed by atoms with Gasteiger partial charge in [-0.1, -0.05) is 237 Å². The molecule has 0 nitrogen and oxygen atoms in total. The van der Waals surface area contributed by atoms with Gasteiger partial charge in [0.15, 0.2) is 0 Å². The highest BCUT2D eigenvalue weighted by Crippen LogP contribution is 2.65. The molecular weight excluding hydrogens is 889 g/mol. The molecule has 4 aliphatic rings. The van der Waals surface area contributed by atoms with Crippen molar-refractivity contribution in [2.24, 2.45) is 0 Å². The van der Waals surface area contributed by atoms with Crippen LogP contribution in [-0.2, 0) is 10.8 Å². The fourth-order valence-corrected chi connectivity index (χ4v) is 15.5. The van der Waals surface area contributed by atoms with Gasteiger partial charge in [0.25, 0.3) is 0 Å². The summed E-state index contributed by atoms with van der Waals surface area (Å²) in [5.41, 5.74) is 23.1. The van der Waals surface area contributed by atoms with Crippen LogP contribution in [0, 0.1) is 0 Å². The molecular formula is C74H42. The summed E-state index contributed by atoms with van der Waals surface area (Å²) in [6, 6.07) is 97.2. The number of hydrogen-bond acceptors (Lipinski definition) is 0. The summed E-state index contributed by atoms with van der Waals surface area (Å²) in [5.74, 6) is 0. The van der Waals surface area contributed by atoms with Crippen molar-refractivity contribution in [2.75, 3.05) is 0 Å². The van der Waals surface area contributed by atoms with Gasteiger partial charge in [0.1, 0.15) is 0 Å². The lowest BCUT2D eigenvalue weighted by Crippen LogP contribution is -2.25. The topological polar surface area (TPSA) is 0 Å². The van der Waals surface area contributed by atoms with E-state index < -0.39 is 0 Å². The summed E-state index contributed by atoms with van der Waals surface area (Å²) in [5, 5.41) is 16.1. The van der Waals surface area contributed by atoms with Crippen LogP contribution in [0.4, 0.5) is 0 Å².